The normalized spacial score (nSPS) is 29.7. The fourth-order valence-electron chi connectivity index (χ4n) is 2.30. The summed E-state index contributed by atoms with van der Waals surface area (Å²) in [5.41, 5.74) is 2.50. The first-order valence-electron chi connectivity index (χ1n) is 4.63. The van der Waals surface area contributed by atoms with Gasteiger partial charge in [-0.1, -0.05) is 24.3 Å². The Hall–Kier alpha value is -1.31. The van der Waals surface area contributed by atoms with Crippen LogP contribution in [0.15, 0.2) is 24.3 Å². The molecule has 0 amide bonds. The number of benzene rings is 1. The standard InChI is InChI=1S/C11H10O2/c12-11-8-5-7-3-1-2-4-9(7)10(6-8)13-11/h1-4,8,10H,5-6H2/t8-,10-/m0/s1. The zero-order valence-electron chi connectivity index (χ0n) is 7.19. The molecule has 0 aromatic heterocycles. The molecule has 1 heterocycles. The molecule has 0 saturated carbocycles. The SMILES string of the molecule is O=C1O[C@H]2C[C@@H]1Cc1ccccc12. The van der Waals surface area contributed by atoms with Gasteiger partial charge in [0.05, 0.1) is 5.92 Å². The fourth-order valence-corrected chi connectivity index (χ4v) is 2.30. The van der Waals surface area contributed by atoms with E-state index >= 15 is 0 Å². The first-order valence-corrected chi connectivity index (χ1v) is 4.63. The first kappa shape index (κ1) is 7.13. The van der Waals surface area contributed by atoms with E-state index in [2.05, 4.69) is 12.1 Å². The quantitative estimate of drug-likeness (QED) is 0.561. The second-order valence-electron chi connectivity index (χ2n) is 3.76. The molecular formula is C11H10O2. The van der Waals surface area contributed by atoms with Crippen molar-refractivity contribution < 1.29 is 9.53 Å². The molecule has 0 unspecified atom stereocenters. The molecule has 0 N–H and O–H groups in total. The monoisotopic (exact) mass is 174 g/mol. The summed E-state index contributed by atoms with van der Waals surface area (Å²) in [4.78, 5) is 11.3. The van der Waals surface area contributed by atoms with Crippen molar-refractivity contribution in [3.05, 3.63) is 35.4 Å². The van der Waals surface area contributed by atoms with Gasteiger partial charge in [-0.2, -0.15) is 0 Å². The second kappa shape index (κ2) is 2.34. The van der Waals surface area contributed by atoms with Crippen molar-refractivity contribution in [3.8, 4) is 0 Å². The molecule has 1 saturated heterocycles. The van der Waals surface area contributed by atoms with Crippen molar-refractivity contribution in [1.82, 2.24) is 0 Å². The number of fused-ring (bicyclic) bond motifs is 4. The molecule has 2 bridgehead atoms. The lowest BCUT2D eigenvalue weighted by Gasteiger charge is -2.18. The molecule has 1 aromatic rings. The van der Waals surface area contributed by atoms with Gasteiger partial charge in [-0.05, 0) is 17.5 Å². The minimum Gasteiger partial charge on any atom is -0.457 e. The Morgan fingerprint density at radius 2 is 2.15 bits per heavy atom. The molecule has 0 spiro atoms. The first-order chi connectivity index (χ1) is 6.34. The molecule has 2 heteroatoms. The third-order valence-electron chi connectivity index (χ3n) is 2.96. The van der Waals surface area contributed by atoms with E-state index in [0.29, 0.717) is 0 Å². The average Bonchev–Trinajstić information content (AvgIpc) is 2.44. The van der Waals surface area contributed by atoms with Gasteiger partial charge in [-0.15, -0.1) is 0 Å². The van der Waals surface area contributed by atoms with Crippen LogP contribution >= 0.6 is 0 Å². The van der Waals surface area contributed by atoms with Gasteiger partial charge in [0.15, 0.2) is 0 Å². The van der Waals surface area contributed by atoms with Crippen molar-refractivity contribution in [2.75, 3.05) is 0 Å². The summed E-state index contributed by atoms with van der Waals surface area (Å²) in [6, 6.07) is 8.19. The Morgan fingerprint density at radius 3 is 3.08 bits per heavy atom. The molecule has 3 rings (SSSR count). The van der Waals surface area contributed by atoms with E-state index < -0.39 is 0 Å². The highest BCUT2D eigenvalue weighted by Gasteiger charge is 2.40. The van der Waals surface area contributed by atoms with Gasteiger partial charge >= 0.3 is 5.97 Å². The summed E-state index contributed by atoms with van der Waals surface area (Å²) < 4.78 is 5.27. The van der Waals surface area contributed by atoms with Crippen LogP contribution in [0.5, 0.6) is 0 Å². The van der Waals surface area contributed by atoms with E-state index in [1.54, 1.807) is 0 Å². The summed E-state index contributed by atoms with van der Waals surface area (Å²) in [6.45, 7) is 0. The number of rotatable bonds is 0. The van der Waals surface area contributed by atoms with E-state index in [0.717, 1.165) is 12.8 Å². The van der Waals surface area contributed by atoms with Gasteiger partial charge in [-0.25, -0.2) is 0 Å². The van der Waals surface area contributed by atoms with Gasteiger partial charge in [0.2, 0.25) is 0 Å². The van der Waals surface area contributed by atoms with Crippen molar-refractivity contribution in [1.29, 1.82) is 0 Å². The Balaban J connectivity index is 2.12. The Bertz CT molecular complexity index is 370. The lowest BCUT2D eigenvalue weighted by Crippen LogP contribution is -2.13. The predicted octanol–water partition coefficient (Wildman–Crippen LogP) is 1.85. The highest BCUT2D eigenvalue weighted by atomic mass is 16.6. The number of hydrogen-bond donors (Lipinski definition) is 0. The lowest BCUT2D eigenvalue weighted by atomic mass is 9.84. The van der Waals surface area contributed by atoms with Gasteiger partial charge in [0.1, 0.15) is 6.10 Å². The van der Waals surface area contributed by atoms with E-state index in [4.69, 9.17) is 4.74 Å². The summed E-state index contributed by atoms with van der Waals surface area (Å²) >= 11 is 0. The highest BCUT2D eigenvalue weighted by Crippen LogP contribution is 2.41. The maximum atomic E-state index is 11.3. The maximum absolute atomic E-state index is 11.3. The zero-order chi connectivity index (χ0) is 8.84. The Morgan fingerprint density at radius 1 is 1.31 bits per heavy atom. The minimum atomic E-state index is -0.0128. The maximum Gasteiger partial charge on any atom is 0.310 e. The van der Waals surface area contributed by atoms with Gasteiger partial charge in [-0.3, -0.25) is 4.79 Å². The largest absolute Gasteiger partial charge is 0.457 e. The van der Waals surface area contributed by atoms with E-state index in [9.17, 15) is 4.79 Å². The van der Waals surface area contributed by atoms with E-state index in [1.807, 2.05) is 12.1 Å². The third-order valence-corrected chi connectivity index (χ3v) is 2.96. The number of carbonyl (C=O) groups is 1. The number of hydrogen-bond acceptors (Lipinski definition) is 2. The van der Waals surface area contributed by atoms with E-state index in [-0.39, 0.29) is 18.0 Å². The summed E-state index contributed by atoms with van der Waals surface area (Å²) in [5, 5.41) is 0. The van der Waals surface area contributed by atoms with Gasteiger partial charge in [0, 0.05) is 6.42 Å². The molecule has 66 valence electrons. The average molecular weight is 174 g/mol. The smallest absolute Gasteiger partial charge is 0.310 e. The fraction of sp³-hybridized carbons (Fsp3) is 0.364. The predicted molar refractivity (Wildman–Crippen MR) is 47.1 cm³/mol. The molecule has 13 heavy (non-hydrogen) atoms. The third kappa shape index (κ3) is 0.916. The Labute approximate surface area is 76.5 Å². The number of ether oxygens (including phenoxy) is 1. The zero-order valence-corrected chi connectivity index (χ0v) is 7.19. The molecule has 1 aromatic carbocycles. The molecule has 1 fully saturated rings. The lowest BCUT2D eigenvalue weighted by molar-refractivity contribution is -0.144. The number of carbonyl (C=O) groups excluding carboxylic acids is 1. The second-order valence-corrected chi connectivity index (χ2v) is 3.76. The molecule has 2 aliphatic rings. The summed E-state index contributed by atoms with van der Waals surface area (Å²) in [6.07, 6.45) is 1.80. The Kier molecular flexibility index (Phi) is 1.29. The minimum absolute atomic E-state index is 0.0128. The van der Waals surface area contributed by atoms with Crippen molar-refractivity contribution in [2.24, 2.45) is 5.92 Å². The van der Waals surface area contributed by atoms with Crippen LogP contribution in [0.1, 0.15) is 23.7 Å². The van der Waals surface area contributed by atoms with Crippen LogP contribution in [0, 0.1) is 5.92 Å². The van der Waals surface area contributed by atoms with Crippen molar-refractivity contribution >= 4 is 5.97 Å². The topological polar surface area (TPSA) is 26.3 Å². The van der Waals surface area contributed by atoms with Crippen LogP contribution in [0.2, 0.25) is 0 Å². The molecule has 1 aliphatic heterocycles. The van der Waals surface area contributed by atoms with Crippen LogP contribution in [-0.4, -0.2) is 5.97 Å². The van der Waals surface area contributed by atoms with Gasteiger partial charge < -0.3 is 4.74 Å². The van der Waals surface area contributed by atoms with Crippen molar-refractivity contribution in [2.45, 2.75) is 18.9 Å². The molecule has 2 nitrogen and oxygen atoms in total. The van der Waals surface area contributed by atoms with Crippen LogP contribution in [0.4, 0.5) is 0 Å². The van der Waals surface area contributed by atoms with Crippen LogP contribution in [0.3, 0.4) is 0 Å². The molecule has 2 atom stereocenters. The number of esters is 1. The van der Waals surface area contributed by atoms with Crippen molar-refractivity contribution in [3.63, 3.8) is 0 Å². The van der Waals surface area contributed by atoms with Crippen LogP contribution in [-0.2, 0) is 16.0 Å². The molecular weight excluding hydrogens is 164 g/mol. The van der Waals surface area contributed by atoms with E-state index in [1.165, 1.54) is 11.1 Å². The van der Waals surface area contributed by atoms with Crippen LogP contribution < -0.4 is 0 Å². The van der Waals surface area contributed by atoms with Crippen LogP contribution in [0.25, 0.3) is 0 Å². The molecule has 0 radical (unpaired) electrons. The highest BCUT2D eigenvalue weighted by molar-refractivity contribution is 5.76. The van der Waals surface area contributed by atoms with Gasteiger partial charge in [0.25, 0.3) is 0 Å². The molecule has 1 aliphatic carbocycles. The summed E-state index contributed by atoms with van der Waals surface area (Å²) in [7, 11) is 0. The summed E-state index contributed by atoms with van der Waals surface area (Å²) in [5.74, 6) is 0.112.